The van der Waals surface area contributed by atoms with E-state index in [1.807, 2.05) is 0 Å². The number of nitrogens with zero attached hydrogens (tertiary/aromatic N) is 1. The molecule has 1 unspecified atom stereocenters. The van der Waals surface area contributed by atoms with Crippen LogP contribution >= 0.6 is 11.3 Å². The number of hydrogen-bond acceptors (Lipinski definition) is 6. The second-order valence-electron chi connectivity index (χ2n) is 6.10. The van der Waals surface area contributed by atoms with Crippen LogP contribution in [0, 0.1) is 10.1 Å². The van der Waals surface area contributed by atoms with Crippen LogP contribution in [-0.2, 0) is 22.4 Å². The maximum atomic E-state index is 12.4. The van der Waals surface area contributed by atoms with Crippen molar-refractivity contribution in [2.45, 2.75) is 38.7 Å². The summed E-state index contributed by atoms with van der Waals surface area (Å²) in [7, 11) is 0. The van der Waals surface area contributed by atoms with Crippen molar-refractivity contribution in [1.29, 1.82) is 0 Å². The number of aryl methyl sites for hydroxylation is 1. The van der Waals surface area contributed by atoms with Crippen molar-refractivity contribution in [2.75, 3.05) is 5.32 Å². The number of anilines is 1. The summed E-state index contributed by atoms with van der Waals surface area (Å²) in [6.07, 6.45) is 3.01. The Balaban J connectivity index is 1.64. The van der Waals surface area contributed by atoms with Gasteiger partial charge in [-0.1, -0.05) is 6.07 Å². The van der Waals surface area contributed by atoms with Crippen molar-refractivity contribution >= 4 is 34.6 Å². The Morgan fingerprint density at radius 3 is 2.85 bits per heavy atom. The van der Waals surface area contributed by atoms with Crippen molar-refractivity contribution < 1.29 is 19.2 Å². The fraction of sp³-hybridized carbons (Fsp3) is 0.333. The lowest BCUT2D eigenvalue weighted by Gasteiger charge is -2.15. The molecule has 0 radical (unpaired) electrons. The molecule has 136 valence electrons. The first-order valence-corrected chi connectivity index (χ1v) is 9.19. The molecule has 0 bridgehead atoms. The van der Waals surface area contributed by atoms with Gasteiger partial charge in [-0.05, 0) is 44.2 Å². The molecular formula is C18H18N2O5S. The molecule has 0 aliphatic heterocycles. The molecule has 7 nitrogen and oxygen atoms in total. The lowest BCUT2D eigenvalue weighted by Crippen LogP contribution is -2.30. The lowest BCUT2D eigenvalue weighted by atomic mass is 9.96. The zero-order valence-corrected chi connectivity index (χ0v) is 15.0. The van der Waals surface area contributed by atoms with Crippen LogP contribution in [-0.4, -0.2) is 22.9 Å². The standard InChI is InChI=1S/C18H18N2O5S/c1-11(17(21)19-12-5-4-6-13(9-12)20(23)24)25-18(22)15-10-26-16-8-3-2-7-14(15)16/h4-6,9-11H,2-3,7-8H2,1H3,(H,19,21). The van der Waals surface area contributed by atoms with Gasteiger partial charge in [-0.25, -0.2) is 4.79 Å². The molecule has 0 saturated heterocycles. The Hall–Kier alpha value is -2.74. The highest BCUT2D eigenvalue weighted by atomic mass is 32.1. The van der Waals surface area contributed by atoms with Crippen LogP contribution in [0.15, 0.2) is 29.6 Å². The summed E-state index contributed by atoms with van der Waals surface area (Å²) in [4.78, 5) is 36.1. The molecule has 1 aromatic heterocycles. The third-order valence-corrected chi connectivity index (χ3v) is 5.35. The molecule has 3 rings (SSSR count). The maximum Gasteiger partial charge on any atom is 0.340 e. The van der Waals surface area contributed by atoms with Crippen molar-refractivity contribution in [3.63, 3.8) is 0 Å². The van der Waals surface area contributed by atoms with Gasteiger partial charge in [-0.15, -0.1) is 11.3 Å². The summed E-state index contributed by atoms with van der Waals surface area (Å²) >= 11 is 1.56. The third-order valence-electron chi connectivity index (χ3n) is 4.26. The topological polar surface area (TPSA) is 98.5 Å². The lowest BCUT2D eigenvalue weighted by molar-refractivity contribution is -0.384. The van der Waals surface area contributed by atoms with Gasteiger partial charge in [-0.2, -0.15) is 0 Å². The average molecular weight is 374 g/mol. The average Bonchev–Trinajstić information content (AvgIpc) is 3.06. The number of rotatable bonds is 5. The summed E-state index contributed by atoms with van der Waals surface area (Å²) in [5.41, 5.74) is 1.73. The van der Waals surface area contributed by atoms with E-state index in [4.69, 9.17) is 4.74 Å². The number of amides is 1. The summed E-state index contributed by atoms with van der Waals surface area (Å²) in [5.74, 6) is -1.05. The molecule has 1 aliphatic rings. The fourth-order valence-corrected chi connectivity index (χ4v) is 4.00. The fourth-order valence-electron chi connectivity index (χ4n) is 2.88. The first kappa shape index (κ1) is 18.1. The molecule has 2 aromatic rings. The van der Waals surface area contributed by atoms with E-state index >= 15 is 0 Å². The predicted molar refractivity (Wildman–Crippen MR) is 97.6 cm³/mol. The highest BCUT2D eigenvalue weighted by molar-refractivity contribution is 7.10. The molecule has 8 heteroatoms. The van der Waals surface area contributed by atoms with Crippen LogP contribution in [0.4, 0.5) is 11.4 Å². The van der Waals surface area contributed by atoms with Crippen molar-refractivity contribution in [2.24, 2.45) is 0 Å². The molecule has 26 heavy (non-hydrogen) atoms. The first-order chi connectivity index (χ1) is 12.5. The van der Waals surface area contributed by atoms with E-state index in [1.54, 1.807) is 16.7 Å². The number of thiophene rings is 1. The number of hydrogen-bond donors (Lipinski definition) is 1. The number of esters is 1. The smallest absolute Gasteiger partial charge is 0.340 e. The van der Waals surface area contributed by atoms with E-state index in [0.717, 1.165) is 31.2 Å². The monoisotopic (exact) mass is 374 g/mol. The van der Waals surface area contributed by atoms with Crippen molar-refractivity contribution in [3.05, 3.63) is 55.8 Å². The van der Waals surface area contributed by atoms with E-state index in [1.165, 1.54) is 36.1 Å². The zero-order valence-electron chi connectivity index (χ0n) is 14.2. The van der Waals surface area contributed by atoms with Gasteiger partial charge in [0.1, 0.15) is 0 Å². The van der Waals surface area contributed by atoms with Gasteiger partial charge in [0.25, 0.3) is 11.6 Å². The second kappa shape index (κ2) is 7.65. The molecule has 0 saturated carbocycles. The second-order valence-corrected chi connectivity index (χ2v) is 7.07. The Morgan fingerprint density at radius 1 is 1.31 bits per heavy atom. The minimum absolute atomic E-state index is 0.127. The molecule has 1 amide bonds. The highest BCUT2D eigenvalue weighted by Gasteiger charge is 2.25. The van der Waals surface area contributed by atoms with Crippen LogP contribution in [0.25, 0.3) is 0 Å². The molecular weight excluding hydrogens is 356 g/mol. The van der Waals surface area contributed by atoms with Gasteiger partial charge in [0, 0.05) is 28.1 Å². The number of fused-ring (bicyclic) bond motifs is 1. The molecule has 0 spiro atoms. The number of carbonyl (C=O) groups is 2. The number of ether oxygens (including phenoxy) is 1. The number of nitro benzene ring substituents is 1. The predicted octanol–water partition coefficient (Wildman–Crippen LogP) is 3.72. The van der Waals surface area contributed by atoms with E-state index in [-0.39, 0.29) is 11.4 Å². The van der Waals surface area contributed by atoms with Crippen LogP contribution in [0.5, 0.6) is 0 Å². The molecule has 1 aromatic carbocycles. The summed E-state index contributed by atoms with van der Waals surface area (Å²) < 4.78 is 5.29. The summed E-state index contributed by atoms with van der Waals surface area (Å²) in [6.45, 7) is 1.48. The number of nitro groups is 1. The van der Waals surface area contributed by atoms with Crippen LogP contribution in [0.3, 0.4) is 0 Å². The normalized spacial score (nSPS) is 14.2. The third kappa shape index (κ3) is 3.91. The van der Waals surface area contributed by atoms with E-state index in [9.17, 15) is 19.7 Å². The van der Waals surface area contributed by atoms with Crippen LogP contribution in [0.1, 0.15) is 40.6 Å². The number of carbonyl (C=O) groups excluding carboxylic acids is 2. The van der Waals surface area contributed by atoms with Crippen LogP contribution < -0.4 is 5.32 Å². The minimum Gasteiger partial charge on any atom is -0.449 e. The Morgan fingerprint density at radius 2 is 2.08 bits per heavy atom. The zero-order chi connectivity index (χ0) is 18.7. The quantitative estimate of drug-likeness (QED) is 0.488. The van der Waals surface area contributed by atoms with Gasteiger partial charge >= 0.3 is 5.97 Å². The van der Waals surface area contributed by atoms with Gasteiger partial charge < -0.3 is 10.1 Å². The molecule has 1 heterocycles. The maximum absolute atomic E-state index is 12.4. The molecule has 0 fully saturated rings. The number of nitrogens with one attached hydrogen (secondary N) is 1. The number of benzene rings is 1. The molecule has 1 atom stereocenters. The van der Waals surface area contributed by atoms with Crippen LogP contribution in [0.2, 0.25) is 0 Å². The Bertz CT molecular complexity index is 861. The summed E-state index contributed by atoms with van der Waals surface area (Å²) in [6, 6.07) is 5.59. The molecule has 1 aliphatic carbocycles. The van der Waals surface area contributed by atoms with E-state index in [2.05, 4.69) is 5.32 Å². The highest BCUT2D eigenvalue weighted by Crippen LogP contribution is 2.30. The van der Waals surface area contributed by atoms with Crippen molar-refractivity contribution in [1.82, 2.24) is 0 Å². The van der Waals surface area contributed by atoms with Gasteiger partial charge in [-0.3, -0.25) is 14.9 Å². The van der Waals surface area contributed by atoms with Crippen molar-refractivity contribution in [3.8, 4) is 0 Å². The van der Waals surface area contributed by atoms with E-state index < -0.39 is 22.9 Å². The largest absolute Gasteiger partial charge is 0.449 e. The number of non-ortho nitro benzene ring substituents is 1. The van der Waals surface area contributed by atoms with Gasteiger partial charge in [0.15, 0.2) is 6.10 Å². The molecule has 1 N–H and O–H groups in total. The Labute approximate surface area is 154 Å². The Kier molecular flexibility index (Phi) is 5.32. The minimum atomic E-state index is -1.01. The SMILES string of the molecule is CC(OC(=O)c1csc2c1CCCC2)C(=O)Nc1cccc([N+](=O)[O-])c1. The van der Waals surface area contributed by atoms with Gasteiger partial charge in [0.2, 0.25) is 0 Å². The summed E-state index contributed by atoms with van der Waals surface area (Å²) in [5, 5.41) is 15.1. The van der Waals surface area contributed by atoms with Gasteiger partial charge in [0.05, 0.1) is 10.5 Å². The first-order valence-electron chi connectivity index (χ1n) is 8.31. The van der Waals surface area contributed by atoms with E-state index in [0.29, 0.717) is 5.56 Å².